The van der Waals surface area contributed by atoms with Gasteiger partial charge in [-0.3, -0.25) is 4.98 Å². The number of ether oxygens (including phenoxy) is 1. The lowest BCUT2D eigenvalue weighted by molar-refractivity contribution is 0.195. The first-order chi connectivity index (χ1) is 8.59. The minimum Gasteiger partial charge on any atom is -0.383 e. The van der Waals surface area contributed by atoms with Gasteiger partial charge in [0.05, 0.1) is 6.61 Å². The van der Waals surface area contributed by atoms with Gasteiger partial charge < -0.3 is 10.1 Å². The third-order valence-corrected chi connectivity index (χ3v) is 3.31. The topological polar surface area (TPSA) is 34.1 Å². The maximum Gasteiger partial charge on any atom is 0.0587 e. The highest BCUT2D eigenvalue weighted by Gasteiger charge is 2.20. The minimum absolute atomic E-state index is 0.0240. The van der Waals surface area contributed by atoms with E-state index >= 15 is 0 Å². The fourth-order valence-corrected chi connectivity index (χ4v) is 2.19. The number of methoxy groups -OCH3 is 1. The number of nitrogens with zero attached hydrogens (tertiary/aromatic N) is 1. The molecule has 4 heteroatoms. The van der Waals surface area contributed by atoms with Crippen molar-refractivity contribution in [3.05, 3.63) is 41.2 Å². The molecule has 0 saturated heterocycles. The zero-order chi connectivity index (χ0) is 13.4. The van der Waals surface area contributed by atoms with Crippen molar-refractivity contribution in [3.63, 3.8) is 0 Å². The van der Waals surface area contributed by atoms with Crippen LogP contribution in [0.5, 0.6) is 0 Å². The van der Waals surface area contributed by atoms with E-state index in [0.29, 0.717) is 0 Å². The molecule has 3 nitrogen and oxygen atoms in total. The highest BCUT2D eigenvalue weighted by atomic mass is 79.9. The Labute approximate surface area is 118 Å². The number of rotatable bonds is 8. The lowest BCUT2D eigenvalue weighted by atomic mass is 9.84. The molecular formula is C14H21BrN2O. The lowest BCUT2D eigenvalue weighted by Gasteiger charge is -2.26. The molecule has 1 aromatic rings. The SMILES string of the molecule is C=CC(C)(CNCCOC)Cc1cncc(Br)c1. The minimum atomic E-state index is 0.0240. The second kappa shape index (κ2) is 7.67. The molecule has 0 aliphatic rings. The maximum absolute atomic E-state index is 5.02. The second-order valence-corrected chi connectivity index (χ2v) is 5.63. The Bertz CT molecular complexity index is 384. The summed E-state index contributed by atoms with van der Waals surface area (Å²) in [7, 11) is 1.71. The zero-order valence-electron chi connectivity index (χ0n) is 11.1. The highest BCUT2D eigenvalue weighted by Crippen LogP contribution is 2.24. The molecule has 1 atom stereocenters. The van der Waals surface area contributed by atoms with E-state index in [4.69, 9.17) is 4.74 Å². The first-order valence-corrected chi connectivity index (χ1v) is 6.81. The quantitative estimate of drug-likeness (QED) is 0.592. The van der Waals surface area contributed by atoms with Crippen molar-refractivity contribution in [1.82, 2.24) is 10.3 Å². The van der Waals surface area contributed by atoms with Crippen LogP contribution in [0.25, 0.3) is 0 Å². The Balaban J connectivity index is 2.56. The Morgan fingerprint density at radius 2 is 2.33 bits per heavy atom. The van der Waals surface area contributed by atoms with Gasteiger partial charge in [0.1, 0.15) is 0 Å². The summed E-state index contributed by atoms with van der Waals surface area (Å²) < 4.78 is 6.03. The molecule has 1 aromatic heterocycles. The third kappa shape index (κ3) is 5.29. The van der Waals surface area contributed by atoms with Crippen LogP contribution in [0.15, 0.2) is 35.6 Å². The summed E-state index contributed by atoms with van der Waals surface area (Å²) in [5, 5.41) is 3.38. The van der Waals surface area contributed by atoms with Gasteiger partial charge in [-0.05, 0) is 34.0 Å². The van der Waals surface area contributed by atoms with Crippen LogP contribution < -0.4 is 5.32 Å². The summed E-state index contributed by atoms with van der Waals surface area (Å²) in [5.41, 5.74) is 1.23. The molecule has 0 aliphatic carbocycles. The summed E-state index contributed by atoms with van der Waals surface area (Å²) in [6.07, 6.45) is 6.63. The lowest BCUT2D eigenvalue weighted by Crippen LogP contribution is -2.33. The number of halogens is 1. The molecule has 0 aromatic carbocycles. The van der Waals surface area contributed by atoms with Crippen LogP contribution in [0, 0.1) is 5.41 Å². The summed E-state index contributed by atoms with van der Waals surface area (Å²) in [4.78, 5) is 4.19. The normalized spacial score (nSPS) is 14.2. The number of hydrogen-bond acceptors (Lipinski definition) is 3. The van der Waals surface area contributed by atoms with E-state index in [1.54, 1.807) is 13.3 Å². The number of pyridine rings is 1. The number of aromatic nitrogens is 1. The van der Waals surface area contributed by atoms with Gasteiger partial charge in [-0.1, -0.05) is 13.0 Å². The molecule has 0 radical (unpaired) electrons. The van der Waals surface area contributed by atoms with Crippen molar-refractivity contribution in [1.29, 1.82) is 0 Å². The molecule has 0 fully saturated rings. The molecular weight excluding hydrogens is 292 g/mol. The van der Waals surface area contributed by atoms with Gasteiger partial charge >= 0.3 is 0 Å². The molecule has 0 aliphatic heterocycles. The van der Waals surface area contributed by atoms with E-state index in [-0.39, 0.29) is 5.41 Å². The Morgan fingerprint density at radius 3 is 2.94 bits per heavy atom. The Morgan fingerprint density at radius 1 is 1.56 bits per heavy atom. The first-order valence-electron chi connectivity index (χ1n) is 6.02. The van der Waals surface area contributed by atoms with Crippen LogP contribution in [-0.4, -0.2) is 31.8 Å². The van der Waals surface area contributed by atoms with Gasteiger partial charge in [-0.15, -0.1) is 6.58 Å². The molecule has 0 spiro atoms. The fourth-order valence-electron chi connectivity index (χ4n) is 1.77. The van der Waals surface area contributed by atoms with Crippen LogP contribution in [0.3, 0.4) is 0 Å². The van der Waals surface area contributed by atoms with Crippen LogP contribution in [0.4, 0.5) is 0 Å². The fraction of sp³-hybridized carbons (Fsp3) is 0.500. The van der Waals surface area contributed by atoms with E-state index in [1.807, 2.05) is 12.3 Å². The van der Waals surface area contributed by atoms with Gasteiger partial charge in [0.25, 0.3) is 0 Å². The molecule has 100 valence electrons. The van der Waals surface area contributed by atoms with Crippen molar-refractivity contribution in [2.75, 3.05) is 26.8 Å². The Hall–Kier alpha value is -0.710. The molecule has 18 heavy (non-hydrogen) atoms. The average Bonchev–Trinajstić information content (AvgIpc) is 2.35. The predicted molar refractivity (Wildman–Crippen MR) is 78.7 cm³/mol. The predicted octanol–water partition coefficient (Wildman–Crippen LogP) is 2.81. The van der Waals surface area contributed by atoms with Crippen LogP contribution in [0.1, 0.15) is 12.5 Å². The largest absolute Gasteiger partial charge is 0.383 e. The van der Waals surface area contributed by atoms with Crippen molar-refractivity contribution in [2.45, 2.75) is 13.3 Å². The van der Waals surface area contributed by atoms with Crippen molar-refractivity contribution in [3.8, 4) is 0 Å². The molecule has 0 bridgehead atoms. The Kier molecular flexibility index (Phi) is 6.54. The zero-order valence-corrected chi connectivity index (χ0v) is 12.7. The molecule has 1 rings (SSSR count). The van der Waals surface area contributed by atoms with Crippen molar-refractivity contribution in [2.24, 2.45) is 5.41 Å². The van der Waals surface area contributed by atoms with Crippen LogP contribution in [-0.2, 0) is 11.2 Å². The van der Waals surface area contributed by atoms with Gasteiger partial charge in [-0.25, -0.2) is 0 Å². The molecule has 0 amide bonds. The maximum atomic E-state index is 5.02. The number of hydrogen-bond donors (Lipinski definition) is 1. The van der Waals surface area contributed by atoms with E-state index in [9.17, 15) is 0 Å². The first kappa shape index (κ1) is 15.3. The summed E-state index contributed by atoms with van der Waals surface area (Å²) in [6, 6.07) is 2.10. The van der Waals surface area contributed by atoms with Gasteiger partial charge in [-0.2, -0.15) is 0 Å². The summed E-state index contributed by atoms with van der Waals surface area (Å²) >= 11 is 3.44. The molecule has 0 saturated carbocycles. The standard InChI is InChI=1S/C14H21BrN2O/c1-4-14(2,11-16-5-6-18-3)8-12-7-13(15)10-17-9-12/h4,7,9-10,16H,1,5-6,8,11H2,2-3H3. The van der Waals surface area contributed by atoms with Crippen LogP contribution >= 0.6 is 15.9 Å². The van der Waals surface area contributed by atoms with Gasteiger partial charge in [0.2, 0.25) is 0 Å². The monoisotopic (exact) mass is 312 g/mol. The van der Waals surface area contributed by atoms with E-state index < -0.39 is 0 Å². The van der Waals surface area contributed by atoms with Crippen molar-refractivity contribution < 1.29 is 4.74 Å². The average molecular weight is 313 g/mol. The van der Waals surface area contributed by atoms with E-state index in [2.05, 4.69) is 45.8 Å². The number of nitrogens with one attached hydrogen (secondary N) is 1. The van der Waals surface area contributed by atoms with Crippen LogP contribution in [0.2, 0.25) is 0 Å². The van der Waals surface area contributed by atoms with Gasteiger partial charge in [0.15, 0.2) is 0 Å². The summed E-state index contributed by atoms with van der Waals surface area (Å²) in [5.74, 6) is 0. The smallest absolute Gasteiger partial charge is 0.0587 e. The van der Waals surface area contributed by atoms with E-state index in [1.165, 1.54) is 5.56 Å². The molecule has 1 heterocycles. The summed E-state index contributed by atoms with van der Waals surface area (Å²) in [6.45, 7) is 8.61. The second-order valence-electron chi connectivity index (χ2n) is 4.72. The van der Waals surface area contributed by atoms with E-state index in [0.717, 1.165) is 30.6 Å². The molecule has 1 N–H and O–H groups in total. The van der Waals surface area contributed by atoms with Gasteiger partial charge in [0, 0.05) is 42.5 Å². The van der Waals surface area contributed by atoms with Crippen molar-refractivity contribution >= 4 is 15.9 Å². The molecule has 1 unspecified atom stereocenters. The third-order valence-electron chi connectivity index (χ3n) is 2.87. The highest BCUT2D eigenvalue weighted by molar-refractivity contribution is 9.10.